The summed E-state index contributed by atoms with van der Waals surface area (Å²) in [6.45, 7) is -0.387. The van der Waals surface area contributed by atoms with Gasteiger partial charge in [0.1, 0.15) is 12.4 Å². The van der Waals surface area contributed by atoms with E-state index in [2.05, 4.69) is 5.32 Å². The minimum absolute atomic E-state index is 0.0211. The largest absolute Gasteiger partial charge is 0.337 e. The number of carbonyl (C=O) groups is 2. The molecule has 0 saturated carbocycles. The standard InChI is InChI=1S/C24H14ClF3N2O3/c25-14-3-1-13(2-4-14)23(32)18-11-30(21-8-5-15(26)9-17(21)24(18)33)12-22(31)29-16-6-7-19(27)20(28)10-16/h1-11H,12H2,(H,29,31). The summed E-state index contributed by atoms with van der Waals surface area (Å²) >= 11 is 5.85. The Morgan fingerprint density at radius 3 is 2.33 bits per heavy atom. The molecule has 0 bridgehead atoms. The van der Waals surface area contributed by atoms with Gasteiger partial charge in [-0.3, -0.25) is 14.4 Å². The van der Waals surface area contributed by atoms with Gasteiger partial charge in [-0.15, -0.1) is 0 Å². The predicted molar refractivity (Wildman–Crippen MR) is 118 cm³/mol. The monoisotopic (exact) mass is 470 g/mol. The van der Waals surface area contributed by atoms with Crippen molar-refractivity contribution in [2.45, 2.75) is 6.54 Å². The van der Waals surface area contributed by atoms with Crippen molar-refractivity contribution in [2.75, 3.05) is 5.32 Å². The van der Waals surface area contributed by atoms with E-state index < -0.39 is 34.6 Å². The fourth-order valence-corrected chi connectivity index (χ4v) is 3.47. The highest BCUT2D eigenvalue weighted by atomic mass is 35.5. The Bertz CT molecular complexity index is 1470. The van der Waals surface area contributed by atoms with Crippen molar-refractivity contribution in [3.05, 3.63) is 111 Å². The number of halogens is 4. The molecule has 0 atom stereocenters. The Balaban J connectivity index is 1.75. The lowest BCUT2D eigenvalue weighted by atomic mass is 10.0. The topological polar surface area (TPSA) is 68.2 Å². The van der Waals surface area contributed by atoms with Crippen molar-refractivity contribution >= 4 is 39.9 Å². The summed E-state index contributed by atoms with van der Waals surface area (Å²) in [7, 11) is 0. The van der Waals surface area contributed by atoms with Crippen LogP contribution in [-0.2, 0) is 11.3 Å². The number of amides is 1. The van der Waals surface area contributed by atoms with Crippen molar-refractivity contribution in [2.24, 2.45) is 0 Å². The quantitative estimate of drug-likeness (QED) is 0.420. The smallest absolute Gasteiger partial charge is 0.244 e. The van der Waals surface area contributed by atoms with Gasteiger partial charge >= 0.3 is 0 Å². The van der Waals surface area contributed by atoms with Crippen LogP contribution in [0, 0.1) is 17.5 Å². The van der Waals surface area contributed by atoms with E-state index in [1.807, 2.05) is 0 Å². The molecule has 1 N–H and O–H groups in total. The van der Waals surface area contributed by atoms with Crippen LogP contribution in [0.3, 0.4) is 0 Å². The zero-order valence-electron chi connectivity index (χ0n) is 16.7. The van der Waals surface area contributed by atoms with Gasteiger partial charge in [0.15, 0.2) is 17.4 Å². The van der Waals surface area contributed by atoms with Crippen molar-refractivity contribution in [3.63, 3.8) is 0 Å². The average Bonchev–Trinajstić information content (AvgIpc) is 2.78. The number of nitrogens with one attached hydrogen (secondary N) is 1. The number of fused-ring (bicyclic) bond motifs is 1. The van der Waals surface area contributed by atoms with E-state index in [4.69, 9.17) is 11.6 Å². The summed E-state index contributed by atoms with van der Waals surface area (Å²) in [4.78, 5) is 38.5. The maximum absolute atomic E-state index is 13.9. The number of carbonyl (C=O) groups excluding carboxylic acids is 2. The van der Waals surface area contributed by atoms with Gasteiger partial charge < -0.3 is 9.88 Å². The molecule has 9 heteroatoms. The summed E-state index contributed by atoms with van der Waals surface area (Å²) in [5, 5.41) is 2.73. The molecule has 0 saturated heterocycles. The normalized spacial score (nSPS) is 10.9. The molecule has 1 amide bonds. The average molecular weight is 471 g/mol. The SMILES string of the molecule is O=C(Cn1cc(C(=O)c2ccc(Cl)cc2)c(=O)c2cc(F)ccc21)Nc1ccc(F)c(F)c1. The van der Waals surface area contributed by atoms with Gasteiger partial charge in [0.25, 0.3) is 0 Å². The summed E-state index contributed by atoms with van der Waals surface area (Å²) < 4.78 is 41.7. The molecule has 4 rings (SSSR count). The number of nitrogens with zero attached hydrogens (tertiary/aromatic N) is 1. The Labute approximate surface area is 190 Å². The van der Waals surface area contributed by atoms with E-state index in [0.717, 1.165) is 24.3 Å². The van der Waals surface area contributed by atoms with E-state index >= 15 is 0 Å². The second kappa shape index (κ2) is 8.91. The van der Waals surface area contributed by atoms with E-state index in [-0.39, 0.29) is 34.3 Å². The molecule has 3 aromatic carbocycles. The second-order valence-corrected chi connectivity index (χ2v) is 7.61. The number of rotatable bonds is 5. The van der Waals surface area contributed by atoms with Crippen LogP contribution in [0.1, 0.15) is 15.9 Å². The van der Waals surface area contributed by atoms with Gasteiger partial charge in [0, 0.05) is 33.9 Å². The number of ketones is 1. The molecule has 166 valence electrons. The summed E-state index contributed by atoms with van der Waals surface area (Å²) in [5.74, 6) is -4.15. The first-order valence-electron chi connectivity index (χ1n) is 9.61. The minimum Gasteiger partial charge on any atom is -0.337 e. The molecular formula is C24H14ClF3N2O3. The summed E-state index contributed by atoms with van der Waals surface area (Å²) in [6.07, 6.45) is 1.21. The lowest BCUT2D eigenvalue weighted by molar-refractivity contribution is -0.116. The third kappa shape index (κ3) is 4.65. The first kappa shape index (κ1) is 22.3. The van der Waals surface area contributed by atoms with Gasteiger partial charge in [-0.2, -0.15) is 0 Å². The lowest BCUT2D eigenvalue weighted by Crippen LogP contribution is -2.24. The van der Waals surface area contributed by atoms with E-state index in [0.29, 0.717) is 5.02 Å². The van der Waals surface area contributed by atoms with Crippen LogP contribution < -0.4 is 10.7 Å². The van der Waals surface area contributed by atoms with Crippen LogP contribution in [0.5, 0.6) is 0 Å². The maximum Gasteiger partial charge on any atom is 0.244 e. The Morgan fingerprint density at radius 2 is 1.64 bits per heavy atom. The highest BCUT2D eigenvalue weighted by Crippen LogP contribution is 2.18. The molecule has 1 heterocycles. The van der Waals surface area contributed by atoms with Gasteiger partial charge in [0.05, 0.1) is 11.1 Å². The molecule has 0 spiro atoms. The fraction of sp³-hybridized carbons (Fsp3) is 0.0417. The second-order valence-electron chi connectivity index (χ2n) is 7.17. The molecule has 1 aromatic heterocycles. The van der Waals surface area contributed by atoms with E-state index in [1.54, 1.807) is 0 Å². The molecule has 4 aromatic rings. The van der Waals surface area contributed by atoms with Gasteiger partial charge in [-0.1, -0.05) is 11.6 Å². The molecule has 0 aliphatic rings. The number of anilines is 1. The first-order valence-corrected chi connectivity index (χ1v) is 9.98. The van der Waals surface area contributed by atoms with Crippen LogP contribution in [0.4, 0.5) is 18.9 Å². The maximum atomic E-state index is 13.9. The highest BCUT2D eigenvalue weighted by Gasteiger charge is 2.19. The number of hydrogen-bond donors (Lipinski definition) is 1. The predicted octanol–water partition coefficient (Wildman–Crippen LogP) is 4.94. The van der Waals surface area contributed by atoms with Crippen LogP contribution in [0.15, 0.2) is 71.7 Å². The first-order chi connectivity index (χ1) is 15.7. The van der Waals surface area contributed by atoms with Gasteiger partial charge in [-0.05, 0) is 54.6 Å². The van der Waals surface area contributed by atoms with Gasteiger partial charge in [0.2, 0.25) is 11.3 Å². The molecule has 0 unspecified atom stereocenters. The Hall–Kier alpha value is -3.91. The van der Waals surface area contributed by atoms with Crippen molar-refractivity contribution in [1.82, 2.24) is 4.57 Å². The molecule has 5 nitrogen and oxygen atoms in total. The van der Waals surface area contributed by atoms with Crippen LogP contribution in [-0.4, -0.2) is 16.3 Å². The molecule has 0 aliphatic heterocycles. The van der Waals surface area contributed by atoms with E-state index in [1.165, 1.54) is 47.2 Å². The van der Waals surface area contributed by atoms with Crippen molar-refractivity contribution in [1.29, 1.82) is 0 Å². The van der Waals surface area contributed by atoms with Crippen LogP contribution in [0.25, 0.3) is 10.9 Å². The molecule has 0 radical (unpaired) electrons. The molecule has 0 fully saturated rings. The van der Waals surface area contributed by atoms with E-state index in [9.17, 15) is 27.6 Å². The summed E-state index contributed by atoms with van der Waals surface area (Å²) in [5.41, 5.74) is -0.537. The Morgan fingerprint density at radius 1 is 0.909 bits per heavy atom. The minimum atomic E-state index is -1.13. The van der Waals surface area contributed by atoms with Crippen molar-refractivity contribution in [3.8, 4) is 0 Å². The number of benzene rings is 3. The number of hydrogen-bond acceptors (Lipinski definition) is 3. The third-order valence-electron chi connectivity index (χ3n) is 4.91. The number of pyridine rings is 1. The number of aromatic nitrogens is 1. The zero-order valence-corrected chi connectivity index (χ0v) is 17.5. The van der Waals surface area contributed by atoms with Crippen molar-refractivity contribution < 1.29 is 22.8 Å². The fourth-order valence-electron chi connectivity index (χ4n) is 3.35. The van der Waals surface area contributed by atoms with Crippen LogP contribution >= 0.6 is 11.6 Å². The lowest BCUT2D eigenvalue weighted by Gasteiger charge is -2.14. The molecule has 33 heavy (non-hydrogen) atoms. The highest BCUT2D eigenvalue weighted by molar-refractivity contribution is 6.30. The van der Waals surface area contributed by atoms with Crippen LogP contribution in [0.2, 0.25) is 5.02 Å². The molecular weight excluding hydrogens is 457 g/mol. The third-order valence-corrected chi connectivity index (χ3v) is 5.16. The zero-order chi connectivity index (χ0) is 23.7. The van der Waals surface area contributed by atoms with Gasteiger partial charge in [-0.25, -0.2) is 13.2 Å². The molecule has 0 aliphatic carbocycles. The Kier molecular flexibility index (Phi) is 6.02. The summed E-state index contributed by atoms with van der Waals surface area (Å²) in [6, 6.07) is 12.2.